The van der Waals surface area contributed by atoms with Crippen molar-refractivity contribution in [3.63, 3.8) is 0 Å². The molecule has 1 saturated heterocycles. The maximum atomic E-state index is 13.7. The fraction of sp³-hybridized carbons (Fsp3) is 0.419. The molecule has 2 heterocycles. The molecule has 3 atom stereocenters. The highest BCUT2D eigenvalue weighted by atomic mass is 19.4. The zero-order valence-corrected chi connectivity index (χ0v) is 24.1. The van der Waals surface area contributed by atoms with Crippen molar-refractivity contribution < 1.29 is 32.3 Å². The Kier molecular flexibility index (Phi) is 12.6. The summed E-state index contributed by atoms with van der Waals surface area (Å²) in [6.07, 6.45) is 2.20. The number of aromatic nitrogens is 1. The smallest absolute Gasteiger partial charge is 0.396 e. The number of aliphatic hydroxyl groups excluding tert-OH is 1. The molecule has 11 heteroatoms. The number of H-pyrrole nitrogens is 1. The van der Waals surface area contributed by atoms with E-state index in [1.165, 1.54) is 32.0 Å². The summed E-state index contributed by atoms with van der Waals surface area (Å²) in [5.74, 6) is 2.40. The maximum Gasteiger partial charge on any atom is 0.418 e. The normalized spacial score (nSPS) is 17.3. The van der Waals surface area contributed by atoms with Crippen molar-refractivity contribution in [1.29, 1.82) is 0 Å². The van der Waals surface area contributed by atoms with Crippen LogP contribution in [-0.4, -0.2) is 72.2 Å². The van der Waals surface area contributed by atoms with E-state index in [4.69, 9.17) is 6.42 Å². The fourth-order valence-corrected chi connectivity index (χ4v) is 4.54. The first-order valence-corrected chi connectivity index (χ1v) is 13.4. The predicted molar refractivity (Wildman–Crippen MR) is 157 cm³/mol. The second-order valence-corrected chi connectivity index (χ2v) is 10.4. The van der Waals surface area contributed by atoms with E-state index in [-0.39, 0.29) is 42.1 Å². The molecule has 0 aliphatic carbocycles. The van der Waals surface area contributed by atoms with Gasteiger partial charge in [-0.25, -0.2) is 4.39 Å². The van der Waals surface area contributed by atoms with Crippen molar-refractivity contribution in [3.05, 3.63) is 65.9 Å². The molecule has 3 unspecified atom stereocenters. The number of hydrogen-bond donors (Lipinski definition) is 4. The molecule has 1 aliphatic rings. The Labute approximate surface area is 243 Å². The van der Waals surface area contributed by atoms with Crippen molar-refractivity contribution in [2.45, 2.75) is 50.6 Å². The first kappa shape index (κ1) is 34.3. The molecule has 42 heavy (non-hydrogen) atoms. The number of anilines is 1. The van der Waals surface area contributed by atoms with Crippen LogP contribution >= 0.6 is 0 Å². The van der Waals surface area contributed by atoms with Crippen LogP contribution in [0.1, 0.15) is 42.7 Å². The molecule has 1 amide bonds. The van der Waals surface area contributed by atoms with Crippen LogP contribution in [0.4, 0.5) is 23.2 Å². The van der Waals surface area contributed by atoms with Gasteiger partial charge >= 0.3 is 6.18 Å². The lowest BCUT2D eigenvalue weighted by Crippen LogP contribution is -2.49. The van der Waals surface area contributed by atoms with Crippen molar-refractivity contribution in [1.82, 2.24) is 15.2 Å². The van der Waals surface area contributed by atoms with Gasteiger partial charge in [-0.1, -0.05) is 36.3 Å². The van der Waals surface area contributed by atoms with Crippen LogP contribution in [0.25, 0.3) is 10.9 Å². The van der Waals surface area contributed by atoms with Gasteiger partial charge in [-0.3, -0.25) is 9.59 Å². The number of aldehydes is 1. The Morgan fingerprint density at radius 3 is 2.31 bits per heavy atom. The number of aromatic amines is 1. The maximum absolute atomic E-state index is 13.7. The predicted octanol–water partition coefficient (Wildman–Crippen LogP) is 5.28. The van der Waals surface area contributed by atoms with Gasteiger partial charge < -0.3 is 25.6 Å². The highest BCUT2D eigenvalue weighted by molar-refractivity contribution is 5.90. The summed E-state index contributed by atoms with van der Waals surface area (Å²) >= 11 is 0. The third-order valence-corrected chi connectivity index (χ3v) is 6.63. The number of carbonyl (C=O) groups is 2. The number of para-hydroxylation sites is 2. The van der Waals surface area contributed by atoms with E-state index in [1.807, 2.05) is 37.4 Å². The van der Waals surface area contributed by atoms with Gasteiger partial charge in [0, 0.05) is 43.6 Å². The van der Waals surface area contributed by atoms with Crippen LogP contribution in [0.2, 0.25) is 0 Å². The van der Waals surface area contributed by atoms with Crippen LogP contribution in [0.5, 0.6) is 0 Å². The minimum absolute atomic E-state index is 0.0147. The van der Waals surface area contributed by atoms with E-state index in [1.54, 1.807) is 11.9 Å². The minimum atomic E-state index is -4.41. The molecular weight excluding hydrogens is 552 g/mol. The lowest BCUT2D eigenvalue weighted by molar-refractivity contribution is -0.136. The number of hydrogen-bond acceptors (Lipinski definition) is 5. The molecule has 228 valence electrons. The Balaban J connectivity index is 0.000000237. The number of rotatable bonds is 7. The number of fused-ring (bicyclic) bond motifs is 1. The number of nitrogens with one attached hydrogen (secondary N) is 3. The van der Waals surface area contributed by atoms with Gasteiger partial charge in [0.25, 0.3) is 0 Å². The highest BCUT2D eigenvalue weighted by Crippen LogP contribution is 2.34. The number of terminal acetylenes is 1. The number of likely N-dealkylation sites (N-methyl/N-ethyl adjacent to an activating group) is 1. The number of amides is 1. The van der Waals surface area contributed by atoms with Crippen LogP contribution in [0.3, 0.4) is 0 Å². The van der Waals surface area contributed by atoms with E-state index in [9.17, 15) is 32.3 Å². The third kappa shape index (κ3) is 9.89. The van der Waals surface area contributed by atoms with Crippen molar-refractivity contribution >= 4 is 28.8 Å². The van der Waals surface area contributed by atoms with Crippen molar-refractivity contribution in [2.24, 2.45) is 5.92 Å². The molecule has 2 aromatic carbocycles. The summed E-state index contributed by atoms with van der Waals surface area (Å²) in [5.41, 5.74) is -0.931. The van der Waals surface area contributed by atoms with Gasteiger partial charge in [0.05, 0.1) is 28.9 Å². The Morgan fingerprint density at radius 2 is 1.83 bits per heavy atom. The summed E-state index contributed by atoms with van der Waals surface area (Å²) in [4.78, 5) is 26.8. The van der Waals surface area contributed by atoms with Gasteiger partial charge in [0.15, 0.2) is 6.29 Å². The summed E-state index contributed by atoms with van der Waals surface area (Å²) in [6.45, 7) is 3.35. The van der Waals surface area contributed by atoms with Crippen LogP contribution < -0.4 is 10.6 Å². The highest BCUT2D eigenvalue weighted by Gasteiger charge is 2.38. The largest absolute Gasteiger partial charge is 0.418 e. The Bertz CT molecular complexity index is 1330. The topological polar surface area (TPSA) is 97.5 Å². The zero-order chi connectivity index (χ0) is 31.5. The van der Waals surface area contributed by atoms with Crippen LogP contribution in [0.15, 0.2) is 54.6 Å². The zero-order valence-electron chi connectivity index (χ0n) is 24.1. The number of likely N-dealkylation sites (tertiary alicyclic amines) is 1. The molecular formula is C31H38F4N4O3. The van der Waals surface area contributed by atoms with Gasteiger partial charge in [-0.05, 0) is 51.6 Å². The van der Waals surface area contributed by atoms with Crippen molar-refractivity contribution in [2.75, 3.05) is 32.6 Å². The number of benzene rings is 2. The third-order valence-electron chi connectivity index (χ3n) is 6.63. The van der Waals surface area contributed by atoms with Crippen LogP contribution in [-0.2, 0) is 11.0 Å². The van der Waals surface area contributed by atoms with E-state index in [0.717, 1.165) is 11.8 Å². The molecule has 4 rings (SSSR count). The lowest BCUT2D eigenvalue weighted by atomic mass is 9.99. The molecule has 0 bridgehead atoms. The number of halogens is 4. The molecule has 7 nitrogen and oxygen atoms in total. The molecule has 1 aliphatic heterocycles. The molecule has 1 aromatic heterocycles. The van der Waals surface area contributed by atoms with E-state index < -0.39 is 23.5 Å². The quantitative estimate of drug-likeness (QED) is 0.171. The van der Waals surface area contributed by atoms with E-state index in [0.29, 0.717) is 24.6 Å². The Morgan fingerprint density at radius 1 is 1.17 bits per heavy atom. The monoisotopic (exact) mass is 590 g/mol. The molecule has 1 fully saturated rings. The summed E-state index contributed by atoms with van der Waals surface area (Å²) < 4.78 is 51.3. The molecule has 0 saturated carbocycles. The summed E-state index contributed by atoms with van der Waals surface area (Å²) in [5, 5.41) is 15.4. The second-order valence-electron chi connectivity index (χ2n) is 10.4. The number of alkyl halides is 4. The van der Waals surface area contributed by atoms with Gasteiger partial charge in [-0.2, -0.15) is 13.2 Å². The second kappa shape index (κ2) is 15.4. The fourth-order valence-electron chi connectivity index (χ4n) is 4.54. The van der Waals surface area contributed by atoms with Crippen LogP contribution in [0, 0.1) is 18.3 Å². The number of nitrogens with zero attached hydrogens (tertiary/aromatic N) is 1. The lowest BCUT2D eigenvalue weighted by Gasteiger charge is -2.28. The van der Waals surface area contributed by atoms with Gasteiger partial charge in [0.1, 0.15) is 5.67 Å². The van der Waals surface area contributed by atoms with Gasteiger partial charge in [-0.15, -0.1) is 6.42 Å². The minimum Gasteiger partial charge on any atom is -0.396 e. The summed E-state index contributed by atoms with van der Waals surface area (Å²) in [7, 11) is 3.55. The standard InChI is InChI=1S/C14H23FN2O2.C10H6F3NO.C7H9N/c1-5-11-6-10(9-18)8-17(11)13(19)12(16-4)7-14(2,3)15;11-10(12,13)8-3-1-2-6-4-7(5-15)14-9(6)8;1-8-7-5-3-2-4-6-7/h1,10-12,16,18H,6-9H2,2-4H3;1-5,14H;2-6,8H,1H3. The SMILES string of the molecule is C#CC1CC(CO)CN1C(=O)C(CC(C)(C)F)NC.CNc1ccccc1.O=Cc1cc2cccc(C(F)(F)F)c2[nH]1. The Hall–Kier alpha value is -3.88. The summed E-state index contributed by atoms with van der Waals surface area (Å²) in [6, 6.07) is 14.4. The van der Waals surface area contributed by atoms with E-state index >= 15 is 0 Å². The van der Waals surface area contributed by atoms with Crippen molar-refractivity contribution in [3.8, 4) is 12.3 Å². The molecule has 0 spiro atoms. The number of carbonyl (C=O) groups excluding carboxylic acids is 2. The van der Waals surface area contributed by atoms with Gasteiger partial charge in [0.2, 0.25) is 5.91 Å². The first-order valence-electron chi connectivity index (χ1n) is 13.4. The molecule has 4 N–H and O–H groups in total. The number of aliphatic hydroxyl groups is 1. The average Bonchev–Trinajstić information content (AvgIpc) is 3.59. The first-order chi connectivity index (χ1) is 19.8. The van der Waals surface area contributed by atoms with E-state index in [2.05, 4.69) is 21.5 Å². The molecule has 3 aromatic rings. The molecule has 0 radical (unpaired) electrons. The average molecular weight is 591 g/mol.